The Kier molecular flexibility index (Phi) is 3.15. The summed E-state index contributed by atoms with van der Waals surface area (Å²) in [6.45, 7) is 4.97. The minimum Gasteiger partial charge on any atom is -0.339 e. The Morgan fingerprint density at radius 1 is 1.00 bits per heavy atom. The predicted octanol–water partition coefficient (Wildman–Crippen LogP) is 4.84. The van der Waals surface area contributed by atoms with Gasteiger partial charge in [0, 0.05) is 34.1 Å². The van der Waals surface area contributed by atoms with Crippen molar-refractivity contribution in [2.75, 3.05) is 0 Å². The van der Waals surface area contributed by atoms with E-state index in [1.165, 1.54) is 16.8 Å². The molecule has 0 saturated heterocycles. The molecule has 116 valence electrons. The fourth-order valence-corrected chi connectivity index (χ4v) is 3.70. The first kappa shape index (κ1) is 14.3. The molecule has 2 nitrogen and oxygen atoms in total. The standard InChI is InChI=1S/C21H21NO/c1-21(2)13-12-18-19(20(21)23)16-10-6-7-11-17(16)22(18)14-15-8-4-3-5-9-15/h3-11H,12-14H2,1-2H3. The van der Waals surface area contributed by atoms with E-state index in [-0.39, 0.29) is 5.41 Å². The number of benzene rings is 2. The van der Waals surface area contributed by atoms with Crippen molar-refractivity contribution in [2.45, 2.75) is 33.2 Å². The lowest BCUT2D eigenvalue weighted by atomic mass is 9.74. The number of aromatic nitrogens is 1. The van der Waals surface area contributed by atoms with Crippen LogP contribution in [0, 0.1) is 5.41 Å². The van der Waals surface area contributed by atoms with E-state index < -0.39 is 0 Å². The first-order valence-electron chi connectivity index (χ1n) is 8.27. The Labute approximate surface area is 136 Å². The molecule has 0 bridgehead atoms. The summed E-state index contributed by atoms with van der Waals surface area (Å²) in [5.74, 6) is 0.293. The highest BCUT2D eigenvalue weighted by Gasteiger charge is 2.37. The summed E-state index contributed by atoms with van der Waals surface area (Å²) in [5, 5.41) is 1.11. The van der Waals surface area contributed by atoms with Crippen LogP contribution in [-0.2, 0) is 13.0 Å². The van der Waals surface area contributed by atoms with E-state index >= 15 is 0 Å². The van der Waals surface area contributed by atoms with Gasteiger partial charge in [-0.1, -0.05) is 62.4 Å². The molecule has 0 fully saturated rings. The maximum Gasteiger partial charge on any atom is 0.170 e. The lowest BCUT2D eigenvalue weighted by Gasteiger charge is -2.29. The summed E-state index contributed by atoms with van der Waals surface area (Å²) < 4.78 is 2.34. The molecule has 2 heteroatoms. The maximum atomic E-state index is 13.0. The molecule has 0 amide bonds. The van der Waals surface area contributed by atoms with Crippen LogP contribution in [0.5, 0.6) is 0 Å². The summed E-state index contributed by atoms with van der Waals surface area (Å²) in [7, 11) is 0. The van der Waals surface area contributed by atoms with Gasteiger partial charge in [-0.05, 0) is 24.5 Å². The Morgan fingerprint density at radius 3 is 2.48 bits per heavy atom. The second-order valence-corrected chi connectivity index (χ2v) is 7.12. The number of Topliss-reactive ketones (excluding diaryl/α,β-unsaturated/α-hetero) is 1. The van der Waals surface area contributed by atoms with E-state index in [9.17, 15) is 4.79 Å². The van der Waals surface area contributed by atoms with Crippen LogP contribution in [0.2, 0.25) is 0 Å². The molecule has 0 radical (unpaired) electrons. The molecule has 1 aliphatic carbocycles. The maximum absolute atomic E-state index is 13.0. The van der Waals surface area contributed by atoms with Gasteiger partial charge >= 0.3 is 0 Å². The highest BCUT2D eigenvalue weighted by Crippen LogP contribution is 2.40. The van der Waals surface area contributed by atoms with Gasteiger partial charge in [-0.3, -0.25) is 4.79 Å². The highest BCUT2D eigenvalue weighted by atomic mass is 16.1. The first-order valence-corrected chi connectivity index (χ1v) is 8.27. The minimum absolute atomic E-state index is 0.255. The summed E-state index contributed by atoms with van der Waals surface area (Å²) in [5.41, 5.74) is 4.35. The lowest BCUT2D eigenvalue weighted by Crippen LogP contribution is -2.30. The quantitative estimate of drug-likeness (QED) is 0.663. The second-order valence-electron chi connectivity index (χ2n) is 7.12. The molecular weight excluding hydrogens is 282 g/mol. The smallest absolute Gasteiger partial charge is 0.170 e. The van der Waals surface area contributed by atoms with Gasteiger partial charge in [0.1, 0.15) is 0 Å². The Balaban J connectivity index is 1.94. The molecule has 1 heterocycles. The van der Waals surface area contributed by atoms with Gasteiger partial charge in [-0.15, -0.1) is 0 Å². The van der Waals surface area contributed by atoms with Gasteiger partial charge in [-0.25, -0.2) is 0 Å². The average Bonchev–Trinajstić information content (AvgIpc) is 2.87. The van der Waals surface area contributed by atoms with Crippen molar-refractivity contribution >= 4 is 16.7 Å². The fraction of sp³-hybridized carbons (Fsp3) is 0.286. The number of hydrogen-bond acceptors (Lipinski definition) is 1. The molecular formula is C21H21NO. The normalized spacial score (nSPS) is 16.5. The molecule has 0 saturated carbocycles. The van der Waals surface area contributed by atoms with Crippen molar-refractivity contribution in [1.82, 2.24) is 4.57 Å². The van der Waals surface area contributed by atoms with Gasteiger partial charge in [0.15, 0.2) is 5.78 Å². The van der Waals surface area contributed by atoms with Crippen molar-refractivity contribution in [3.05, 3.63) is 71.4 Å². The molecule has 1 aliphatic rings. The van der Waals surface area contributed by atoms with Gasteiger partial charge in [-0.2, -0.15) is 0 Å². The molecule has 0 spiro atoms. The average molecular weight is 303 g/mol. The molecule has 0 N–H and O–H groups in total. The van der Waals surface area contributed by atoms with Crippen LogP contribution in [0.15, 0.2) is 54.6 Å². The Hall–Kier alpha value is -2.35. The number of carbonyl (C=O) groups is 1. The monoisotopic (exact) mass is 303 g/mol. The van der Waals surface area contributed by atoms with Crippen LogP contribution in [0.25, 0.3) is 10.9 Å². The highest BCUT2D eigenvalue weighted by molar-refractivity contribution is 6.12. The number of rotatable bonds is 2. The number of ketones is 1. The Morgan fingerprint density at radius 2 is 1.70 bits per heavy atom. The van der Waals surface area contributed by atoms with Gasteiger partial charge in [0.25, 0.3) is 0 Å². The van der Waals surface area contributed by atoms with E-state index in [0.29, 0.717) is 5.78 Å². The van der Waals surface area contributed by atoms with Crippen molar-refractivity contribution in [3.8, 4) is 0 Å². The van der Waals surface area contributed by atoms with Crippen LogP contribution in [0.3, 0.4) is 0 Å². The zero-order chi connectivity index (χ0) is 16.0. The van der Waals surface area contributed by atoms with Crippen molar-refractivity contribution in [2.24, 2.45) is 5.41 Å². The van der Waals surface area contributed by atoms with Crippen LogP contribution >= 0.6 is 0 Å². The van der Waals surface area contributed by atoms with E-state index in [0.717, 1.165) is 30.3 Å². The van der Waals surface area contributed by atoms with Gasteiger partial charge in [0.2, 0.25) is 0 Å². The molecule has 1 aromatic heterocycles. The molecule has 4 rings (SSSR count). The van der Waals surface area contributed by atoms with Gasteiger partial charge < -0.3 is 4.57 Å². The summed E-state index contributed by atoms with van der Waals surface area (Å²) in [6.07, 6.45) is 1.89. The first-order chi connectivity index (χ1) is 11.1. The van der Waals surface area contributed by atoms with Crippen LogP contribution < -0.4 is 0 Å². The zero-order valence-corrected chi connectivity index (χ0v) is 13.7. The molecule has 0 aliphatic heterocycles. The minimum atomic E-state index is -0.255. The molecule has 23 heavy (non-hydrogen) atoms. The van der Waals surface area contributed by atoms with E-state index in [2.05, 4.69) is 60.9 Å². The molecule has 0 unspecified atom stereocenters. The number of nitrogens with zero attached hydrogens (tertiary/aromatic N) is 1. The number of para-hydroxylation sites is 1. The van der Waals surface area contributed by atoms with Crippen LogP contribution in [0.4, 0.5) is 0 Å². The van der Waals surface area contributed by atoms with Crippen molar-refractivity contribution in [3.63, 3.8) is 0 Å². The molecule has 2 aromatic carbocycles. The molecule has 3 aromatic rings. The summed E-state index contributed by atoms with van der Waals surface area (Å²) in [6, 6.07) is 18.8. The zero-order valence-electron chi connectivity index (χ0n) is 13.7. The SMILES string of the molecule is CC1(C)CCc2c(c3ccccc3n2Cc2ccccc2)C1=O. The number of fused-ring (bicyclic) bond motifs is 3. The predicted molar refractivity (Wildman–Crippen MR) is 93.9 cm³/mol. The molecule has 0 atom stereocenters. The topological polar surface area (TPSA) is 22.0 Å². The van der Waals surface area contributed by atoms with Crippen molar-refractivity contribution < 1.29 is 4.79 Å². The van der Waals surface area contributed by atoms with Crippen LogP contribution in [-0.4, -0.2) is 10.4 Å². The summed E-state index contributed by atoms with van der Waals surface area (Å²) >= 11 is 0. The fourth-order valence-electron chi connectivity index (χ4n) is 3.70. The third-order valence-electron chi connectivity index (χ3n) is 5.09. The van der Waals surface area contributed by atoms with E-state index in [1.54, 1.807) is 0 Å². The third kappa shape index (κ3) is 2.21. The third-order valence-corrected chi connectivity index (χ3v) is 5.09. The summed E-state index contributed by atoms with van der Waals surface area (Å²) in [4.78, 5) is 13.0. The Bertz CT molecular complexity index is 887. The number of carbonyl (C=O) groups excluding carboxylic acids is 1. The van der Waals surface area contributed by atoms with Gasteiger partial charge in [0.05, 0.1) is 0 Å². The largest absolute Gasteiger partial charge is 0.339 e. The van der Waals surface area contributed by atoms with Crippen LogP contribution in [0.1, 0.15) is 41.9 Å². The van der Waals surface area contributed by atoms with Crippen molar-refractivity contribution in [1.29, 1.82) is 0 Å². The van der Waals surface area contributed by atoms with E-state index in [1.807, 2.05) is 12.1 Å². The van der Waals surface area contributed by atoms with E-state index in [4.69, 9.17) is 0 Å². The lowest BCUT2D eigenvalue weighted by molar-refractivity contribution is 0.0811. The second kappa shape index (κ2) is 5.09. The number of hydrogen-bond donors (Lipinski definition) is 0.